The van der Waals surface area contributed by atoms with Gasteiger partial charge < -0.3 is 20.6 Å². The van der Waals surface area contributed by atoms with Crippen molar-refractivity contribution < 1.29 is 19.1 Å². The second kappa shape index (κ2) is 5.42. The number of carbonyl (C=O) groups excluding carboxylic acids is 2. The average Bonchev–Trinajstić information content (AvgIpc) is 2.74. The van der Waals surface area contributed by atoms with Gasteiger partial charge in [0.2, 0.25) is 0 Å². The average molecular weight is 305 g/mol. The first-order valence-corrected chi connectivity index (χ1v) is 6.99. The molecule has 0 aromatic heterocycles. The molecule has 3 N–H and O–H groups in total. The van der Waals surface area contributed by atoms with Crippen LogP contribution < -0.4 is 10.6 Å². The minimum Gasteiger partial charge on any atom is -0.392 e. The van der Waals surface area contributed by atoms with E-state index in [0.29, 0.717) is 16.8 Å². The van der Waals surface area contributed by atoms with Crippen LogP contribution in [0.4, 0.5) is 9.18 Å². The number of nitrogens with zero attached hydrogens (tertiary/aromatic N) is 1. The zero-order chi connectivity index (χ0) is 15.9. The molecule has 0 spiro atoms. The zero-order valence-corrected chi connectivity index (χ0v) is 12.0. The molecule has 7 heteroatoms. The molecular weight excluding hydrogens is 289 g/mol. The van der Waals surface area contributed by atoms with Crippen LogP contribution in [0.2, 0.25) is 0 Å². The number of carbonyl (C=O) groups is 2. The Morgan fingerprint density at radius 2 is 2.05 bits per heavy atom. The van der Waals surface area contributed by atoms with Gasteiger partial charge >= 0.3 is 6.03 Å². The molecule has 0 bridgehead atoms. The van der Waals surface area contributed by atoms with Crippen molar-refractivity contribution in [3.05, 3.63) is 46.9 Å². The second-order valence-electron chi connectivity index (χ2n) is 5.51. The Labute approximate surface area is 126 Å². The van der Waals surface area contributed by atoms with Crippen LogP contribution >= 0.6 is 0 Å². The van der Waals surface area contributed by atoms with Crippen molar-refractivity contribution >= 4 is 11.9 Å². The van der Waals surface area contributed by atoms with Gasteiger partial charge in [-0.2, -0.15) is 0 Å². The smallest absolute Gasteiger partial charge is 0.319 e. The Bertz CT molecular complexity index is 655. The summed E-state index contributed by atoms with van der Waals surface area (Å²) in [4.78, 5) is 25.8. The van der Waals surface area contributed by atoms with E-state index in [0.717, 1.165) is 0 Å². The molecule has 2 atom stereocenters. The molecule has 1 aromatic carbocycles. The molecule has 22 heavy (non-hydrogen) atoms. The summed E-state index contributed by atoms with van der Waals surface area (Å²) in [6.07, 6.45) is -0.654. The number of hydrogen-bond donors (Lipinski definition) is 3. The number of nitrogens with one attached hydrogen (secondary N) is 2. The Hall–Kier alpha value is -2.41. The SMILES string of the molecule is C[C@@H](O)CN1CC2=C(C1=O)[C@H](c1ccc(F)cc1)NC(=O)N2. The summed E-state index contributed by atoms with van der Waals surface area (Å²) in [6.45, 7) is 2.04. The topological polar surface area (TPSA) is 81.7 Å². The zero-order valence-electron chi connectivity index (χ0n) is 12.0. The van der Waals surface area contributed by atoms with Gasteiger partial charge in [0, 0.05) is 6.54 Å². The summed E-state index contributed by atoms with van der Waals surface area (Å²) in [5.74, 6) is -0.621. The van der Waals surface area contributed by atoms with Crippen molar-refractivity contribution in [3.63, 3.8) is 0 Å². The third kappa shape index (κ3) is 2.55. The number of benzene rings is 1. The van der Waals surface area contributed by atoms with E-state index >= 15 is 0 Å². The number of hydrogen-bond acceptors (Lipinski definition) is 3. The largest absolute Gasteiger partial charge is 0.392 e. The fourth-order valence-electron chi connectivity index (χ4n) is 2.80. The highest BCUT2D eigenvalue weighted by Gasteiger charge is 2.40. The van der Waals surface area contributed by atoms with Gasteiger partial charge in [0.05, 0.1) is 30.0 Å². The van der Waals surface area contributed by atoms with Gasteiger partial charge in [-0.15, -0.1) is 0 Å². The lowest BCUT2D eigenvalue weighted by Gasteiger charge is -2.25. The molecule has 0 unspecified atom stereocenters. The molecule has 0 saturated carbocycles. The molecule has 0 saturated heterocycles. The number of urea groups is 1. The minimum absolute atomic E-state index is 0.192. The lowest BCUT2D eigenvalue weighted by molar-refractivity contribution is -0.126. The van der Waals surface area contributed by atoms with E-state index in [2.05, 4.69) is 10.6 Å². The lowest BCUT2D eigenvalue weighted by atomic mass is 9.96. The van der Waals surface area contributed by atoms with E-state index in [1.807, 2.05) is 0 Å². The molecule has 0 fully saturated rings. The van der Waals surface area contributed by atoms with E-state index in [9.17, 15) is 19.1 Å². The highest BCUT2D eigenvalue weighted by Crippen LogP contribution is 2.32. The predicted molar refractivity (Wildman–Crippen MR) is 76.1 cm³/mol. The van der Waals surface area contributed by atoms with Gasteiger partial charge in [-0.1, -0.05) is 12.1 Å². The maximum absolute atomic E-state index is 13.1. The summed E-state index contributed by atoms with van der Waals surface area (Å²) >= 11 is 0. The molecule has 0 radical (unpaired) electrons. The van der Waals surface area contributed by atoms with E-state index in [-0.39, 0.29) is 24.8 Å². The number of amides is 3. The van der Waals surface area contributed by atoms with Gasteiger partial charge in [-0.25, -0.2) is 9.18 Å². The van der Waals surface area contributed by atoms with Gasteiger partial charge in [0.1, 0.15) is 5.82 Å². The minimum atomic E-state index is -0.654. The monoisotopic (exact) mass is 305 g/mol. The molecule has 1 aromatic rings. The highest BCUT2D eigenvalue weighted by atomic mass is 19.1. The third-order valence-corrected chi connectivity index (χ3v) is 3.71. The number of aliphatic hydroxyl groups excluding tert-OH is 1. The second-order valence-corrected chi connectivity index (χ2v) is 5.51. The van der Waals surface area contributed by atoms with Crippen LogP contribution in [0.3, 0.4) is 0 Å². The molecule has 116 valence electrons. The molecule has 6 nitrogen and oxygen atoms in total. The third-order valence-electron chi connectivity index (χ3n) is 3.71. The summed E-state index contributed by atoms with van der Waals surface area (Å²) in [5.41, 5.74) is 1.60. The fourth-order valence-corrected chi connectivity index (χ4v) is 2.80. The van der Waals surface area contributed by atoms with Crippen molar-refractivity contribution in [1.29, 1.82) is 0 Å². The first kappa shape index (κ1) is 14.5. The van der Waals surface area contributed by atoms with Crippen molar-refractivity contribution in [2.75, 3.05) is 13.1 Å². The van der Waals surface area contributed by atoms with Crippen LogP contribution in [0.5, 0.6) is 0 Å². The summed E-state index contributed by atoms with van der Waals surface area (Å²) in [6, 6.07) is 4.64. The number of aliphatic hydroxyl groups is 1. The molecule has 2 heterocycles. The fraction of sp³-hybridized carbons (Fsp3) is 0.333. The predicted octanol–water partition coefficient (Wildman–Crippen LogP) is 0.657. The van der Waals surface area contributed by atoms with E-state index < -0.39 is 18.2 Å². The Balaban J connectivity index is 1.94. The molecule has 2 aliphatic heterocycles. The van der Waals surface area contributed by atoms with Crippen LogP contribution in [-0.2, 0) is 4.79 Å². The summed E-state index contributed by atoms with van der Waals surface area (Å²) in [7, 11) is 0. The van der Waals surface area contributed by atoms with Gasteiger partial charge in [0.25, 0.3) is 5.91 Å². The molecule has 0 aliphatic carbocycles. The van der Waals surface area contributed by atoms with Gasteiger partial charge in [-0.3, -0.25) is 4.79 Å². The normalized spacial score (nSPS) is 22.3. The summed E-state index contributed by atoms with van der Waals surface area (Å²) in [5, 5.41) is 14.8. The van der Waals surface area contributed by atoms with Crippen LogP contribution in [-0.4, -0.2) is 41.1 Å². The molecule has 2 aliphatic rings. The standard InChI is InChI=1S/C15H16FN3O3/c1-8(20)6-19-7-11-12(14(19)21)13(18-15(22)17-11)9-2-4-10(16)5-3-9/h2-5,8,13,20H,6-7H2,1H3,(H2,17,18,22)/t8-,13+/m1/s1. The van der Waals surface area contributed by atoms with Crippen LogP contribution in [0, 0.1) is 5.82 Å². The first-order chi connectivity index (χ1) is 10.5. The maximum atomic E-state index is 13.1. The van der Waals surface area contributed by atoms with Gasteiger partial charge in [-0.05, 0) is 24.6 Å². The molecular formula is C15H16FN3O3. The van der Waals surface area contributed by atoms with E-state index in [1.165, 1.54) is 17.0 Å². The first-order valence-electron chi connectivity index (χ1n) is 6.99. The lowest BCUT2D eigenvalue weighted by Crippen LogP contribution is -2.44. The quantitative estimate of drug-likeness (QED) is 0.767. The van der Waals surface area contributed by atoms with Crippen LogP contribution in [0.25, 0.3) is 0 Å². The van der Waals surface area contributed by atoms with Crippen molar-refractivity contribution in [3.8, 4) is 0 Å². The number of halogens is 1. The maximum Gasteiger partial charge on any atom is 0.319 e. The van der Waals surface area contributed by atoms with Crippen molar-refractivity contribution in [2.24, 2.45) is 0 Å². The van der Waals surface area contributed by atoms with Crippen molar-refractivity contribution in [1.82, 2.24) is 15.5 Å². The Morgan fingerprint density at radius 1 is 1.36 bits per heavy atom. The molecule has 3 amide bonds. The summed E-state index contributed by atoms with van der Waals surface area (Å²) < 4.78 is 13.1. The Kier molecular flexibility index (Phi) is 3.58. The highest BCUT2D eigenvalue weighted by molar-refractivity contribution is 6.01. The Morgan fingerprint density at radius 3 is 2.68 bits per heavy atom. The molecule has 3 rings (SSSR count). The van der Waals surface area contributed by atoms with Gasteiger partial charge in [0.15, 0.2) is 0 Å². The van der Waals surface area contributed by atoms with E-state index in [1.54, 1.807) is 19.1 Å². The van der Waals surface area contributed by atoms with Crippen LogP contribution in [0.1, 0.15) is 18.5 Å². The number of β-amino-alcohol motifs (C(OH)–C–C–N with tert-alkyl or cyclic N) is 1. The van der Waals surface area contributed by atoms with Crippen molar-refractivity contribution in [2.45, 2.75) is 19.1 Å². The number of rotatable bonds is 3. The van der Waals surface area contributed by atoms with Crippen LogP contribution in [0.15, 0.2) is 35.5 Å². The van der Waals surface area contributed by atoms with E-state index in [4.69, 9.17) is 0 Å².